The van der Waals surface area contributed by atoms with Crippen molar-refractivity contribution in [3.05, 3.63) is 229 Å². The molecule has 0 N–H and O–H groups in total. The molecule has 2 heterocycles. The van der Waals surface area contributed by atoms with E-state index in [4.69, 9.17) is 0 Å². The second-order valence-corrected chi connectivity index (χ2v) is 20.0. The zero-order valence-electron chi connectivity index (χ0n) is 41.9. The van der Waals surface area contributed by atoms with E-state index in [0.717, 1.165) is 13.1 Å². The Balaban J connectivity index is 0.839. The molecular weight excluding hydrogens is 869 g/mol. The van der Waals surface area contributed by atoms with Crippen molar-refractivity contribution in [1.82, 2.24) is 9.13 Å². The summed E-state index contributed by atoms with van der Waals surface area (Å²) in [6.45, 7) is 15.4. The Labute approximate surface area is 422 Å². The smallest absolute Gasteiger partial charge is 0.0491 e. The van der Waals surface area contributed by atoms with Crippen LogP contribution in [0.15, 0.2) is 206 Å². The number of aromatic nitrogens is 2. The fourth-order valence-corrected chi connectivity index (χ4v) is 11.9. The first-order valence-corrected chi connectivity index (χ1v) is 25.7. The van der Waals surface area contributed by atoms with Crippen LogP contribution in [0.3, 0.4) is 0 Å². The van der Waals surface area contributed by atoms with Crippen LogP contribution < -0.4 is 0 Å². The molecule has 0 aliphatic heterocycles. The normalized spacial score (nSPS) is 11.9. The molecule has 0 aliphatic carbocycles. The minimum Gasteiger partial charge on any atom is -0.341 e. The SMILES string of the molecule is CCn1c2ccccc2c2cc(-c3ccc(-c4ccc(-c5c6cc(C)c(C)cc6c(-c6ccc(-c7ccc(-c8ccc9c(c8)c8ccccc8n9CC)cc7)cc6)c6cc(C)c(C)cc56)cc4)cc3)ccc21. The third-order valence-electron chi connectivity index (χ3n) is 16.0. The van der Waals surface area contributed by atoms with Gasteiger partial charge in [-0.05, 0) is 189 Å². The van der Waals surface area contributed by atoms with E-state index in [9.17, 15) is 0 Å². The van der Waals surface area contributed by atoms with E-state index in [-0.39, 0.29) is 0 Å². The van der Waals surface area contributed by atoms with E-state index in [1.165, 1.54) is 154 Å². The molecule has 2 nitrogen and oxygen atoms in total. The second kappa shape index (κ2) is 17.1. The number of rotatable bonds is 8. The zero-order chi connectivity index (χ0) is 48.8. The highest BCUT2D eigenvalue weighted by Gasteiger charge is 2.20. The number of hydrogen-bond donors (Lipinski definition) is 0. The Morgan fingerprint density at radius 1 is 0.236 bits per heavy atom. The van der Waals surface area contributed by atoms with Gasteiger partial charge in [-0.25, -0.2) is 0 Å². The summed E-state index contributed by atoms with van der Waals surface area (Å²) in [4.78, 5) is 0. The minimum absolute atomic E-state index is 0.950. The van der Waals surface area contributed by atoms with Gasteiger partial charge >= 0.3 is 0 Å². The molecule has 346 valence electrons. The third-order valence-corrected chi connectivity index (χ3v) is 16.0. The molecule has 0 saturated heterocycles. The van der Waals surface area contributed by atoms with Gasteiger partial charge in [0.05, 0.1) is 0 Å². The highest BCUT2D eigenvalue weighted by molar-refractivity contribution is 6.22. The standard InChI is InChI=1S/C70H56N2/c1-7-71-65-15-11-9-13-57(65)59-41-55(33-35-67(59)71)51-21-17-47(18-22-51)49-25-29-53(30-26-49)69-61-37-43(3)45(5)39-63(61)70(64-40-46(6)44(4)38-62(64)69)54-31-27-50(28-32-54)48-19-23-52(24-20-48)56-34-36-68-60(42-56)58-14-10-12-16-66(58)72(68)8-2/h9-42H,7-8H2,1-6H3. The molecule has 2 heteroatoms. The molecule has 13 aromatic rings. The second-order valence-electron chi connectivity index (χ2n) is 20.0. The minimum atomic E-state index is 0.950. The number of fused-ring (bicyclic) bond motifs is 8. The van der Waals surface area contributed by atoms with Gasteiger partial charge in [0.25, 0.3) is 0 Å². The first-order chi connectivity index (χ1) is 35.2. The van der Waals surface area contributed by atoms with E-state index in [1.54, 1.807) is 0 Å². The molecule has 72 heavy (non-hydrogen) atoms. The first-order valence-electron chi connectivity index (χ1n) is 25.7. The van der Waals surface area contributed by atoms with Gasteiger partial charge in [-0.1, -0.05) is 170 Å². The largest absolute Gasteiger partial charge is 0.341 e. The maximum absolute atomic E-state index is 2.43. The maximum atomic E-state index is 2.43. The number of para-hydroxylation sites is 2. The summed E-state index contributed by atoms with van der Waals surface area (Å²) >= 11 is 0. The van der Waals surface area contributed by atoms with Gasteiger partial charge in [0.2, 0.25) is 0 Å². The van der Waals surface area contributed by atoms with Gasteiger partial charge in [0, 0.05) is 56.7 Å². The van der Waals surface area contributed by atoms with Crippen LogP contribution >= 0.6 is 0 Å². The Bertz CT molecular complexity index is 3930. The monoisotopic (exact) mass is 924 g/mol. The molecule has 0 saturated carbocycles. The Morgan fingerprint density at radius 2 is 0.486 bits per heavy atom. The van der Waals surface area contributed by atoms with Gasteiger partial charge in [-0.3, -0.25) is 0 Å². The summed E-state index contributed by atoms with van der Waals surface area (Å²) in [6, 6.07) is 77.9. The Morgan fingerprint density at radius 3 is 0.792 bits per heavy atom. The fourth-order valence-electron chi connectivity index (χ4n) is 11.9. The van der Waals surface area contributed by atoms with E-state index < -0.39 is 0 Å². The molecule has 0 radical (unpaired) electrons. The lowest BCUT2D eigenvalue weighted by Gasteiger charge is -2.21. The van der Waals surface area contributed by atoms with Gasteiger partial charge in [0.15, 0.2) is 0 Å². The zero-order valence-corrected chi connectivity index (χ0v) is 41.9. The predicted octanol–water partition coefficient (Wildman–Crippen LogP) is 19.5. The van der Waals surface area contributed by atoms with E-state index in [2.05, 4.69) is 257 Å². The van der Waals surface area contributed by atoms with Crippen molar-refractivity contribution in [2.24, 2.45) is 0 Å². The lowest BCUT2D eigenvalue weighted by molar-refractivity contribution is 0.827. The van der Waals surface area contributed by atoms with Gasteiger partial charge in [-0.2, -0.15) is 0 Å². The number of hydrogen-bond acceptors (Lipinski definition) is 0. The lowest BCUT2D eigenvalue weighted by atomic mass is 9.83. The molecule has 0 fully saturated rings. The van der Waals surface area contributed by atoms with Crippen LogP contribution in [0.4, 0.5) is 0 Å². The fraction of sp³-hybridized carbons (Fsp3) is 0.114. The summed E-state index contributed by atoms with van der Waals surface area (Å²) in [7, 11) is 0. The molecule has 0 spiro atoms. The third kappa shape index (κ3) is 7.00. The molecule has 2 aromatic heterocycles. The molecule has 0 amide bonds. The topological polar surface area (TPSA) is 9.86 Å². The van der Waals surface area contributed by atoms with E-state index >= 15 is 0 Å². The summed E-state index contributed by atoms with van der Waals surface area (Å²) in [6.07, 6.45) is 0. The Hall–Kier alpha value is -8.46. The van der Waals surface area contributed by atoms with Crippen molar-refractivity contribution >= 4 is 65.2 Å². The van der Waals surface area contributed by atoms with Crippen LogP contribution in [0.25, 0.3) is 132 Å². The number of nitrogens with zero attached hydrogens (tertiary/aromatic N) is 2. The maximum Gasteiger partial charge on any atom is 0.0491 e. The van der Waals surface area contributed by atoms with Gasteiger partial charge < -0.3 is 9.13 Å². The van der Waals surface area contributed by atoms with E-state index in [1.807, 2.05) is 0 Å². The molecule has 11 aromatic carbocycles. The van der Waals surface area contributed by atoms with E-state index in [0.29, 0.717) is 0 Å². The quantitative estimate of drug-likeness (QED) is 0.134. The molecule has 0 aliphatic rings. The van der Waals surface area contributed by atoms with Crippen molar-refractivity contribution in [3.63, 3.8) is 0 Å². The number of aryl methyl sites for hydroxylation is 6. The van der Waals surface area contributed by atoms with Crippen LogP contribution in [-0.2, 0) is 13.1 Å². The number of benzene rings is 11. The molecule has 0 bridgehead atoms. The predicted molar refractivity (Wildman–Crippen MR) is 310 cm³/mol. The van der Waals surface area contributed by atoms with Crippen LogP contribution in [0.1, 0.15) is 36.1 Å². The molecular formula is C70H56N2. The average molecular weight is 925 g/mol. The van der Waals surface area contributed by atoms with Crippen LogP contribution in [0.2, 0.25) is 0 Å². The van der Waals surface area contributed by atoms with Crippen molar-refractivity contribution in [2.45, 2.75) is 54.6 Å². The molecule has 0 atom stereocenters. The summed E-state index contributed by atoms with van der Waals surface area (Å²) in [5.41, 5.74) is 25.2. The first kappa shape index (κ1) is 43.6. The highest BCUT2D eigenvalue weighted by atomic mass is 15.0. The lowest BCUT2D eigenvalue weighted by Crippen LogP contribution is -1.95. The molecule has 0 unspecified atom stereocenters. The van der Waals surface area contributed by atoms with Crippen molar-refractivity contribution < 1.29 is 0 Å². The van der Waals surface area contributed by atoms with Crippen molar-refractivity contribution in [1.29, 1.82) is 0 Å². The Kier molecular flexibility index (Phi) is 10.4. The van der Waals surface area contributed by atoms with Crippen molar-refractivity contribution in [3.8, 4) is 66.8 Å². The highest BCUT2D eigenvalue weighted by Crippen LogP contribution is 2.46. The summed E-state index contributed by atoms with van der Waals surface area (Å²) in [5.74, 6) is 0. The van der Waals surface area contributed by atoms with Gasteiger partial charge in [-0.15, -0.1) is 0 Å². The summed E-state index contributed by atoms with van der Waals surface area (Å²) < 4.78 is 4.83. The van der Waals surface area contributed by atoms with Gasteiger partial charge in [0.1, 0.15) is 0 Å². The average Bonchev–Trinajstić information content (AvgIpc) is 3.92. The van der Waals surface area contributed by atoms with Crippen LogP contribution in [0.5, 0.6) is 0 Å². The molecule has 13 rings (SSSR count). The van der Waals surface area contributed by atoms with Crippen molar-refractivity contribution in [2.75, 3.05) is 0 Å². The van der Waals surface area contributed by atoms with Crippen LogP contribution in [0, 0.1) is 27.7 Å². The summed E-state index contributed by atoms with van der Waals surface area (Å²) in [5, 5.41) is 10.4. The van der Waals surface area contributed by atoms with Crippen LogP contribution in [-0.4, -0.2) is 9.13 Å².